The summed E-state index contributed by atoms with van der Waals surface area (Å²) in [5.41, 5.74) is 1.76. The number of hydrogen-bond donors (Lipinski definition) is 2. The van der Waals surface area contributed by atoms with Crippen molar-refractivity contribution in [3.8, 4) is 5.75 Å². The second-order valence-electron chi connectivity index (χ2n) is 4.77. The number of fused-ring (bicyclic) bond motifs is 1. The normalized spacial score (nSPS) is 11.5. The number of nitrogens with one attached hydrogen (secondary N) is 1. The number of rotatable bonds is 4. The van der Waals surface area contributed by atoms with E-state index in [0.717, 1.165) is 10.9 Å². The van der Waals surface area contributed by atoms with Crippen molar-refractivity contribution in [2.75, 3.05) is 6.61 Å². The molecular weight excluding hydrogens is 280 g/mol. The van der Waals surface area contributed by atoms with Crippen LogP contribution < -0.4 is 10.3 Å². The molecule has 0 spiro atoms. The van der Waals surface area contributed by atoms with Crippen molar-refractivity contribution in [3.63, 3.8) is 0 Å². The molecule has 0 atom stereocenters. The van der Waals surface area contributed by atoms with Gasteiger partial charge in [0.1, 0.15) is 18.1 Å². The Labute approximate surface area is 126 Å². The molecule has 0 unspecified atom stereocenters. The number of ether oxygens (including phenoxy) is 1. The lowest BCUT2D eigenvalue weighted by Crippen LogP contribution is -2.13. The van der Waals surface area contributed by atoms with Crippen molar-refractivity contribution in [2.45, 2.75) is 0 Å². The van der Waals surface area contributed by atoms with Crippen LogP contribution in [0.1, 0.15) is 5.56 Å². The molecule has 0 radical (unpaired) electrons. The number of aromatic amines is 1. The molecule has 5 heteroatoms. The largest absolute Gasteiger partial charge is 0.487 e. The smallest absolute Gasteiger partial charge is 0.248 e. The van der Waals surface area contributed by atoms with Crippen LogP contribution in [0.3, 0.4) is 0 Å². The lowest BCUT2D eigenvalue weighted by atomic mass is 10.1. The monoisotopic (exact) mass is 294 g/mol. The van der Waals surface area contributed by atoms with Gasteiger partial charge in [-0.1, -0.05) is 35.5 Å². The number of oxime groups is 1. The molecule has 0 saturated heterocycles. The molecule has 1 aromatic heterocycles. The van der Waals surface area contributed by atoms with Gasteiger partial charge in [-0.3, -0.25) is 4.79 Å². The topological polar surface area (TPSA) is 74.7 Å². The number of benzene rings is 2. The molecule has 2 aromatic carbocycles. The molecule has 5 nitrogen and oxygen atoms in total. The van der Waals surface area contributed by atoms with Gasteiger partial charge >= 0.3 is 0 Å². The Morgan fingerprint density at radius 3 is 2.64 bits per heavy atom. The molecule has 0 amide bonds. The highest BCUT2D eigenvalue weighted by atomic mass is 16.5. The van der Waals surface area contributed by atoms with Gasteiger partial charge in [-0.25, -0.2) is 0 Å². The summed E-state index contributed by atoms with van der Waals surface area (Å²) in [5, 5.41) is 13.3. The van der Waals surface area contributed by atoms with Crippen LogP contribution in [-0.2, 0) is 0 Å². The second-order valence-corrected chi connectivity index (χ2v) is 4.77. The highest BCUT2D eigenvalue weighted by Gasteiger charge is 2.06. The summed E-state index contributed by atoms with van der Waals surface area (Å²) in [6.45, 7) is 0.128. The van der Waals surface area contributed by atoms with Crippen LogP contribution in [0.2, 0.25) is 0 Å². The predicted molar refractivity (Wildman–Crippen MR) is 84.8 cm³/mol. The van der Waals surface area contributed by atoms with Gasteiger partial charge in [-0.2, -0.15) is 0 Å². The maximum Gasteiger partial charge on any atom is 0.248 e. The minimum absolute atomic E-state index is 0.128. The first-order valence-corrected chi connectivity index (χ1v) is 6.78. The lowest BCUT2D eigenvalue weighted by Gasteiger charge is -2.08. The molecule has 3 rings (SSSR count). The molecule has 0 aliphatic rings. The van der Waals surface area contributed by atoms with Crippen LogP contribution >= 0.6 is 0 Å². The zero-order valence-electron chi connectivity index (χ0n) is 11.7. The lowest BCUT2D eigenvalue weighted by molar-refractivity contribution is 0.308. The van der Waals surface area contributed by atoms with Gasteiger partial charge in [0.25, 0.3) is 0 Å². The molecule has 2 N–H and O–H groups in total. The second kappa shape index (κ2) is 6.13. The summed E-state index contributed by atoms with van der Waals surface area (Å²) in [6.07, 6.45) is 0. The summed E-state index contributed by atoms with van der Waals surface area (Å²) in [6, 6.07) is 17.9. The van der Waals surface area contributed by atoms with E-state index in [2.05, 4.69) is 10.1 Å². The fraction of sp³-hybridized carbons (Fsp3) is 0.0588. The van der Waals surface area contributed by atoms with Gasteiger partial charge in [0.15, 0.2) is 0 Å². The van der Waals surface area contributed by atoms with E-state index in [1.54, 1.807) is 18.2 Å². The maximum atomic E-state index is 11.3. The van der Waals surface area contributed by atoms with Gasteiger partial charge in [0.05, 0.1) is 5.52 Å². The first-order valence-electron chi connectivity index (χ1n) is 6.78. The summed E-state index contributed by atoms with van der Waals surface area (Å²) >= 11 is 0. The number of pyridine rings is 1. The van der Waals surface area contributed by atoms with E-state index in [0.29, 0.717) is 17.0 Å². The van der Waals surface area contributed by atoms with Gasteiger partial charge in [-0.15, -0.1) is 0 Å². The Morgan fingerprint density at radius 2 is 1.86 bits per heavy atom. The molecule has 3 aromatic rings. The molecule has 0 fully saturated rings. The highest BCUT2D eigenvalue weighted by molar-refractivity contribution is 6.01. The zero-order valence-corrected chi connectivity index (χ0v) is 11.7. The summed E-state index contributed by atoms with van der Waals surface area (Å²) in [4.78, 5) is 14.1. The van der Waals surface area contributed by atoms with Crippen molar-refractivity contribution in [1.29, 1.82) is 0 Å². The Morgan fingerprint density at radius 1 is 1.09 bits per heavy atom. The average Bonchev–Trinajstić information content (AvgIpc) is 2.56. The Balaban J connectivity index is 1.80. The van der Waals surface area contributed by atoms with E-state index in [4.69, 9.17) is 9.94 Å². The van der Waals surface area contributed by atoms with Crippen LogP contribution in [0.4, 0.5) is 0 Å². The van der Waals surface area contributed by atoms with E-state index in [1.165, 1.54) is 6.07 Å². The van der Waals surface area contributed by atoms with E-state index < -0.39 is 0 Å². The van der Waals surface area contributed by atoms with Gasteiger partial charge in [0.2, 0.25) is 5.56 Å². The Kier molecular flexibility index (Phi) is 3.87. The highest BCUT2D eigenvalue weighted by Crippen LogP contribution is 2.18. The summed E-state index contributed by atoms with van der Waals surface area (Å²) < 4.78 is 5.65. The number of nitrogens with zero attached hydrogens (tertiary/aromatic N) is 1. The van der Waals surface area contributed by atoms with Gasteiger partial charge < -0.3 is 14.9 Å². The van der Waals surface area contributed by atoms with Crippen LogP contribution in [0.25, 0.3) is 10.9 Å². The SMILES string of the molecule is O=c1ccc2ccc(OC/C(=N\O)c3ccccc3)cc2[nH]1. The van der Waals surface area contributed by atoms with Crippen LogP contribution in [-0.4, -0.2) is 22.5 Å². The average molecular weight is 294 g/mol. The molecule has 0 saturated carbocycles. The minimum Gasteiger partial charge on any atom is -0.487 e. The fourth-order valence-corrected chi connectivity index (χ4v) is 2.17. The maximum absolute atomic E-state index is 11.3. The van der Waals surface area contributed by atoms with Crippen molar-refractivity contribution in [1.82, 2.24) is 4.98 Å². The number of hydrogen-bond acceptors (Lipinski definition) is 4. The first kappa shape index (κ1) is 13.9. The molecule has 0 aliphatic carbocycles. The molecule has 1 heterocycles. The quantitative estimate of drug-likeness (QED) is 0.441. The van der Waals surface area contributed by atoms with Gasteiger partial charge in [-0.05, 0) is 23.6 Å². The Bertz CT molecular complexity index is 870. The number of aromatic nitrogens is 1. The standard InChI is InChI=1S/C17H14N2O3/c20-17-9-7-13-6-8-14(10-15(13)18-17)22-11-16(19-21)12-4-2-1-3-5-12/h1-10,21H,11H2,(H,18,20)/b19-16+. The van der Waals surface area contributed by atoms with E-state index >= 15 is 0 Å². The van der Waals surface area contributed by atoms with E-state index in [1.807, 2.05) is 36.4 Å². The Hall–Kier alpha value is -3.08. The molecule has 0 bridgehead atoms. The first-order chi connectivity index (χ1) is 10.8. The third kappa shape index (κ3) is 2.98. The predicted octanol–water partition coefficient (Wildman–Crippen LogP) is 2.79. The van der Waals surface area contributed by atoms with Crippen LogP contribution in [0.5, 0.6) is 5.75 Å². The molecular formula is C17H14N2O3. The van der Waals surface area contributed by atoms with Crippen molar-refractivity contribution >= 4 is 16.6 Å². The zero-order chi connectivity index (χ0) is 15.4. The van der Waals surface area contributed by atoms with Crippen LogP contribution in [0.15, 0.2) is 70.6 Å². The molecule has 110 valence electrons. The van der Waals surface area contributed by atoms with E-state index in [-0.39, 0.29) is 12.2 Å². The summed E-state index contributed by atoms with van der Waals surface area (Å²) in [5.74, 6) is 0.589. The van der Waals surface area contributed by atoms with Crippen molar-refractivity contribution in [3.05, 3.63) is 76.6 Å². The fourth-order valence-electron chi connectivity index (χ4n) is 2.17. The molecule has 0 aliphatic heterocycles. The number of H-pyrrole nitrogens is 1. The van der Waals surface area contributed by atoms with Crippen molar-refractivity contribution in [2.24, 2.45) is 5.16 Å². The third-order valence-electron chi connectivity index (χ3n) is 3.30. The minimum atomic E-state index is -0.161. The third-order valence-corrected chi connectivity index (χ3v) is 3.30. The van der Waals surface area contributed by atoms with E-state index in [9.17, 15) is 4.79 Å². The van der Waals surface area contributed by atoms with Crippen molar-refractivity contribution < 1.29 is 9.94 Å². The summed E-state index contributed by atoms with van der Waals surface area (Å²) in [7, 11) is 0. The molecule has 22 heavy (non-hydrogen) atoms. The van der Waals surface area contributed by atoms with Crippen LogP contribution in [0, 0.1) is 0 Å². The van der Waals surface area contributed by atoms with Gasteiger partial charge in [0, 0.05) is 17.7 Å².